The highest BCUT2D eigenvalue weighted by Crippen LogP contribution is 2.35. The average molecular weight is 296 g/mol. The fraction of sp³-hybridized carbons (Fsp3) is 0.167. The van der Waals surface area contributed by atoms with Crippen LogP contribution in [-0.2, 0) is 0 Å². The molecule has 0 saturated heterocycles. The van der Waals surface area contributed by atoms with Gasteiger partial charge in [-0.3, -0.25) is 0 Å². The molecule has 0 unspecified atom stereocenters. The summed E-state index contributed by atoms with van der Waals surface area (Å²) in [6.45, 7) is 1.91. The summed E-state index contributed by atoms with van der Waals surface area (Å²) in [6.07, 6.45) is 0. The third kappa shape index (κ3) is 2.22. The Morgan fingerprint density at radius 2 is 1.77 bits per heavy atom. The molecule has 0 N–H and O–H groups in total. The Kier molecular flexibility index (Phi) is 3.59. The molecule has 0 bridgehead atoms. The van der Waals surface area contributed by atoms with Crippen molar-refractivity contribution in [2.45, 2.75) is 6.92 Å². The molecule has 0 amide bonds. The van der Waals surface area contributed by atoms with E-state index in [0.717, 1.165) is 10.9 Å². The first-order valence-electron chi connectivity index (χ1n) is 6.90. The molecule has 0 saturated carbocycles. The summed E-state index contributed by atoms with van der Waals surface area (Å²) in [5, 5.41) is 0.912. The summed E-state index contributed by atoms with van der Waals surface area (Å²) in [6, 6.07) is 12.9. The number of aryl methyl sites for hydroxylation is 1. The summed E-state index contributed by atoms with van der Waals surface area (Å²) in [4.78, 5) is 12.4. The molecule has 2 aromatic carbocycles. The Balaban J connectivity index is 2.33. The Hall–Kier alpha value is -2.75. The SMILES string of the molecule is COc1ccc(-c2c(C)c3ccccc3oc2=O)c(OC)c1. The molecule has 0 aliphatic rings. The maximum atomic E-state index is 12.4. The van der Waals surface area contributed by atoms with E-state index in [-0.39, 0.29) is 5.63 Å². The molecule has 0 spiro atoms. The van der Waals surface area contributed by atoms with Crippen molar-refractivity contribution >= 4 is 11.0 Å². The quantitative estimate of drug-likeness (QED) is 0.690. The zero-order chi connectivity index (χ0) is 15.7. The van der Waals surface area contributed by atoms with Gasteiger partial charge in [-0.05, 0) is 30.7 Å². The van der Waals surface area contributed by atoms with Crippen LogP contribution >= 0.6 is 0 Å². The minimum atomic E-state index is -0.375. The molecule has 4 heteroatoms. The minimum Gasteiger partial charge on any atom is -0.497 e. The average Bonchev–Trinajstić information content (AvgIpc) is 2.55. The number of ether oxygens (including phenoxy) is 2. The topological polar surface area (TPSA) is 48.7 Å². The molecule has 112 valence electrons. The fourth-order valence-corrected chi connectivity index (χ4v) is 2.62. The van der Waals surface area contributed by atoms with Crippen LogP contribution < -0.4 is 15.1 Å². The van der Waals surface area contributed by atoms with E-state index >= 15 is 0 Å². The molecule has 22 heavy (non-hydrogen) atoms. The Morgan fingerprint density at radius 3 is 2.50 bits per heavy atom. The first-order valence-corrected chi connectivity index (χ1v) is 6.90. The number of para-hydroxylation sites is 1. The standard InChI is InChI=1S/C18H16O4/c1-11-13-6-4-5-7-15(13)22-18(19)17(11)14-9-8-12(20-2)10-16(14)21-3/h4-10H,1-3H3. The van der Waals surface area contributed by atoms with Crippen molar-refractivity contribution in [1.82, 2.24) is 0 Å². The smallest absolute Gasteiger partial charge is 0.344 e. The minimum absolute atomic E-state index is 0.375. The molecule has 1 aromatic heterocycles. The van der Waals surface area contributed by atoms with Gasteiger partial charge in [-0.15, -0.1) is 0 Å². The molecule has 0 radical (unpaired) electrons. The van der Waals surface area contributed by atoms with Gasteiger partial charge in [0.25, 0.3) is 0 Å². The lowest BCUT2D eigenvalue weighted by Crippen LogP contribution is -2.07. The number of hydrogen-bond acceptors (Lipinski definition) is 4. The number of hydrogen-bond donors (Lipinski definition) is 0. The van der Waals surface area contributed by atoms with E-state index in [1.54, 1.807) is 32.4 Å². The van der Waals surface area contributed by atoms with Crippen LogP contribution in [0.5, 0.6) is 11.5 Å². The highest BCUT2D eigenvalue weighted by atomic mass is 16.5. The van der Waals surface area contributed by atoms with Gasteiger partial charge < -0.3 is 13.9 Å². The summed E-state index contributed by atoms with van der Waals surface area (Å²) >= 11 is 0. The van der Waals surface area contributed by atoms with E-state index in [9.17, 15) is 4.79 Å². The van der Waals surface area contributed by atoms with Gasteiger partial charge in [-0.2, -0.15) is 0 Å². The first kappa shape index (κ1) is 14.2. The monoisotopic (exact) mass is 296 g/mol. The van der Waals surface area contributed by atoms with Crippen molar-refractivity contribution in [3.05, 3.63) is 58.4 Å². The van der Waals surface area contributed by atoms with Crippen molar-refractivity contribution in [2.24, 2.45) is 0 Å². The number of rotatable bonds is 3. The summed E-state index contributed by atoms with van der Waals surface area (Å²) in [5.74, 6) is 1.24. The van der Waals surface area contributed by atoms with Crippen molar-refractivity contribution in [2.75, 3.05) is 14.2 Å². The fourth-order valence-electron chi connectivity index (χ4n) is 2.62. The number of fused-ring (bicyclic) bond motifs is 1. The highest BCUT2D eigenvalue weighted by molar-refractivity contribution is 5.87. The first-order chi connectivity index (χ1) is 10.7. The van der Waals surface area contributed by atoms with Crippen LogP contribution in [0.1, 0.15) is 5.56 Å². The third-order valence-electron chi connectivity index (χ3n) is 3.75. The number of benzene rings is 2. The molecular weight excluding hydrogens is 280 g/mol. The molecule has 0 fully saturated rings. The Labute approximate surface area is 127 Å². The second-order valence-corrected chi connectivity index (χ2v) is 4.95. The largest absolute Gasteiger partial charge is 0.497 e. The second kappa shape index (κ2) is 5.56. The lowest BCUT2D eigenvalue weighted by atomic mass is 9.98. The highest BCUT2D eigenvalue weighted by Gasteiger charge is 2.17. The van der Waals surface area contributed by atoms with Crippen LogP contribution in [0.4, 0.5) is 0 Å². The van der Waals surface area contributed by atoms with Crippen LogP contribution in [0, 0.1) is 6.92 Å². The van der Waals surface area contributed by atoms with E-state index in [2.05, 4.69) is 0 Å². The van der Waals surface area contributed by atoms with Crippen LogP contribution in [-0.4, -0.2) is 14.2 Å². The van der Waals surface area contributed by atoms with Crippen LogP contribution in [0.3, 0.4) is 0 Å². The lowest BCUT2D eigenvalue weighted by Gasteiger charge is -2.12. The molecule has 3 rings (SSSR count). The van der Waals surface area contributed by atoms with E-state index in [1.807, 2.05) is 31.2 Å². The van der Waals surface area contributed by atoms with Gasteiger partial charge >= 0.3 is 5.63 Å². The molecule has 0 aliphatic carbocycles. The zero-order valence-corrected chi connectivity index (χ0v) is 12.7. The molecule has 1 heterocycles. The van der Waals surface area contributed by atoms with Crippen molar-refractivity contribution in [3.8, 4) is 22.6 Å². The third-order valence-corrected chi connectivity index (χ3v) is 3.75. The van der Waals surface area contributed by atoms with Gasteiger partial charge in [0.15, 0.2) is 0 Å². The normalized spacial score (nSPS) is 10.7. The van der Waals surface area contributed by atoms with E-state index in [4.69, 9.17) is 13.9 Å². The van der Waals surface area contributed by atoms with Crippen molar-refractivity contribution in [3.63, 3.8) is 0 Å². The van der Waals surface area contributed by atoms with Crippen molar-refractivity contribution < 1.29 is 13.9 Å². The van der Waals surface area contributed by atoms with E-state index in [1.165, 1.54) is 0 Å². The molecule has 0 atom stereocenters. The lowest BCUT2D eigenvalue weighted by molar-refractivity contribution is 0.395. The predicted molar refractivity (Wildman–Crippen MR) is 85.8 cm³/mol. The maximum absolute atomic E-state index is 12.4. The summed E-state index contributed by atoms with van der Waals surface area (Å²) < 4.78 is 16.0. The second-order valence-electron chi connectivity index (χ2n) is 4.95. The summed E-state index contributed by atoms with van der Waals surface area (Å²) in [7, 11) is 3.15. The van der Waals surface area contributed by atoms with Gasteiger partial charge in [0.1, 0.15) is 17.1 Å². The van der Waals surface area contributed by atoms with Gasteiger partial charge in [0.2, 0.25) is 0 Å². The van der Waals surface area contributed by atoms with Crippen LogP contribution in [0.15, 0.2) is 51.7 Å². The molecule has 3 aromatic rings. The number of methoxy groups -OCH3 is 2. The van der Waals surface area contributed by atoms with Gasteiger partial charge in [0.05, 0.1) is 19.8 Å². The van der Waals surface area contributed by atoms with E-state index in [0.29, 0.717) is 28.2 Å². The molecular formula is C18H16O4. The predicted octanol–water partition coefficient (Wildman–Crippen LogP) is 3.79. The molecule has 0 aliphatic heterocycles. The van der Waals surface area contributed by atoms with Gasteiger partial charge in [-0.1, -0.05) is 18.2 Å². The zero-order valence-electron chi connectivity index (χ0n) is 12.7. The maximum Gasteiger partial charge on any atom is 0.344 e. The van der Waals surface area contributed by atoms with Crippen LogP contribution in [0.2, 0.25) is 0 Å². The van der Waals surface area contributed by atoms with Crippen LogP contribution in [0.25, 0.3) is 22.1 Å². The molecule has 4 nitrogen and oxygen atoms in total. The summed E-state index contributed by atoms with van der Waals surface area (Å²) in [5.41, 5.74) is 2.29. The Bertz CT molecular complexity index is 893. The van der Waals surface area contributed by atoms with Crippen molar-refractivity contribution in [1.29, 1.82) is 0 Å². The van der Waals surface area contributed by atoms with Gasteiger partial charge in [-0.25, -0.2) is 4.79 Å². The van der Waals surface area contributed by atoms with E-state index < -0.39 is 0 Å². The van der Waals surface area contributed by atoms with Gasteiger partial charge in [0, 0.05) is 17.0 Å². The Morgan fingerprint density at radius 1 is 1.00 bits per heavy atom.